The van der Waals surface area contributed by atoms with Crippen molar-refractivity contribution in [3.05, 3.63) is 29.8 Å². The summed E-state index contributed by atoms with van der Waals surface area (Å²) in [5.74, 6) is 0. The highest BCUT2D eigenvalue weighted by atomic mass is 32.2. The number of likely N-dealkylation sites (tertiary alicyclic amines) is 1. The van der Waals surface area contributed by atoms with Crippen LogP contribution < -0.4 is 0 Å². The van der Waals surface area contributed by atoms with Gasteiger partial charge < -0.3 is 9.64 Å². The van der Waals surface area contributed by atoms with Crippen molar-refractivity contribution in [3.8, 4) is 0 Å². The van der Waals surface area contributed by atoms with E-state index in [4.69, 9.17) is 8.92 Å². The second-order valence-corrected chi connectivity index (χ2v) is 8.05. The van der Waals surface area contributed by atoms with Crippen LogP contribution >= 0.6 is 0 Å². The fourth-order valence-corrected chi connectivity index (χ4v) is 3.21. The van der Waals surface area contributed by atoms with Crippen molar-refractivity contribution in [2.45, 2.75) is 56.9 Å². The van der Waals surface area contributed by atoms with Gasteiger partial charge in [0.1, 0.15) is 17.9 Å². The summed E-state index contributed by atoms with van der Waals surface area (Å²) < 4.78 is 37.1. The maximum atomic E-state index is 14.3. The fraction of sp³-hybridized carbons (Fsp3) is 0.588. The third-order valence-electron chi connectivity index (χ3n) is 3.56. The molecule has 2 rings (SSSR count). The molecule has 1 heterocycles. The second-order valence-electron chi connectivity index (χ2n) is 6.91. The van der Waals surface area contributed by atoms with Crippen molar-refractivity contribution in [1.82, 2.24) is 4.90 Å². The summed E-state index contributed by atoms with van der Waals surface area (Å²) in [6, 6.07) is 7.06. The van der Waals surface area contributed by atoms with Gasteiger partial charge in [0.05, 0.1) is 11.4 Å². The Bertz CT molecular complexity index is 600. The first-order chi connectivity index (χ1) is 11.2. The molecule has 134 valence electrons. The molecule has 1 aliphatic rings. The Labute approximate surface area is 144 Å². The molecular formula is C17H24FNO4S. The number of hydrogen-bond acceptors (Lipinski definition) is 4. The van der Waals surface area contributed by atoms with Gasteiger partial charge >= 0.3 is 6.09 Å². The topological polar surface area (TPSA) is 55.8 Å². The molecule has 1 aromatic rings. The third-order valence-corrected chi connectivity index (χ3v) is 4.64. The van der Waals surface area contributed by atoms with Gasteiger partial charge in [0.2, 0.25) is 0 Å². The van der Waals surface area contributed by atoms with Gasteiger partial charge in [-0.05, 0) is 46.2 Å². The first-order valence-electron chi connectivity index (χ1n) is 7.93. The molecule has 1 amide bonds. The second kappa shape index (κ2) is 7.61. The zero-order valence-corrected chi connectivity index (χ0v) is 15.3. The predicted molar refractivity (Wildman–Crippen MR) is 89.8 cm³/mol. The summed E-state index contributed by atoms with van der Waals surface area (Å²) in [4.78, 5) is 13.8. The summed E-state index contributed by atoms with van der Waals surface area (Å²) in [5.41, 5.74) is 0.424. The lowest BCUT2D eigenvalue weighted by Crippen LogP contribution is -2.49. The molecule has 1 aliphatic heterocycles. The average Bonchev–Trinajstić information content (AvgIpc) is 2.48. The smallest absolute Gasteiger partial charge is 0.410 e. The Morgan fingerprint density at radius 1 is 1.29 bits per heavy atom. The number of piperidine rings is 1. The molecule has 1 saturated heterocycles. The normalized spacial score (nSPS) is 23.0. The van der Waals surface area contributed by atoms with Crippen LogP contribution in [0.2, 0.25) is 0 Å². The number of alkyl halides is 1. The zero-order valence-electron chi connectivity index (χ0n) is 14.5. The van der Waals surface area contributed by atoms with Crippen molar-refractivity contribution in [3.63, 3.8) is 0 Å². The molecule has 1 fully saturated rings. The van der Waals surface area contributed by atoms with Crippen LogP contribution in [0, 0.1) is 6.92 Å². The molecule has 0 radical (unpaired) electrons. The van der Waals surface area contributed by atoms with Crippen LogP contribution in [0.3, 0.4) is 0 Å². The van der Waals surface area contributed by atoms with E-state index in [9.17, 15) is 13.4 Å². The zero-order chi connectivity index (χ0) is 17.9. The summed E-state index contributed by atoms with van der Waals surface area (Å²) in [5, 5.41) is 0. The summed E-state index contributed by atoms with van der Waals surface area (Å²) in [6.45, 7) is 7.41. The lowest BCUT2D eigenvalue weighted by molar-refractivity contribution is -0.00766. The van der Waals surface area contributed by atoms with Crippen LogP contribution in [-0.2, 0) is 20.0 Å². The van der Waals surface area contributed by atoms with E-state index in [2.05, 4.69) is 0 Å². The van der Waals surface area contributed by atoms with Gasteiger partial charge in [-0.25, -0.2) is 13.4 Å². The van der Waals surface area contributed by atoms with Crippen LogP contribution in [0.15, 0.2) is 29.2 Å². The Morgan fingerprint density at radius 2 is 1.92 bits per heavy atom. The average molecular weight is 357 g/mol. The number of rotatable bonds is 3. The van der Waals surface area contributed by atoms with Gasteiger partial charge in [-0.2, -0.15) is 0 Å². The number of carbonyl (C=O) groups is 1. The van der Waals surface area contributed by atoms with Crippen molar-refractivity contribution >= 4 is 17.2 Å². The Balaban J connectivity index is 1.90. The van der Waals surface area contributed by atoms with E-state index < -0.39 is 35.1 Å². The maximum absolute atomic E-state index is 14.3. The lowest BCUT2D eigenvalue weighted by atomic mass is 10.1. The largest absolute Gasteiger partial charge is 0.444 e. The minimum atomic E-state index is -1.72. The SMILES string of the molecule is Cc1ccc(S(=O)OC2CCN(C(=O)OC(C)(C)C)CC2F)cc1. The van der Waals surface area contributed by atoms with E-state index in [1.54, 1.807) is 32.9 Å². The third kappa shape index (κ3) is 5.27. The van der Waals surface area contributed by atoms with E-state index in [-0.39, 0.29) is 13.0 Å². The summed E-state index contributed by atoms with van der Waals surface area (Å²) in [7, 11) is 0. The highest BCUT2D eigenvalue weighted by Crippen LogP contribution is 2.22. The first-order valence-corrected chi connectivity index (χ1v) is 9.01. The Kier molecular flexibility index (Phi) is 5.98. The molecule has 0 bridgehead atoms. The minimum absolute atomic E-state index is 0.120. The number of halogens is 1. The molecule has 1 aromatic carbocycles. The summed E-state index contributed by atoms with van der Waals surface area (Å²) >= 11 is -1.72. The number of ether oxygens (including phenoxy) is 1. The molecule has 0 saturated carbocycles. The van der Waals surface area contributed by atoms with Crippen molar-refractivity contribution < 1.29 is 22.3 Å². The molecule has 0 aromatic heterocycles. The van der Waals surface area contributed by atoms with E-state index >= 15 is 0 Å². The van der Waals surface area contributed by atoms with Gasteiger partial charge in [-0.15, -0.1) is 0 Å². The number of aryl methyl sites for hydroxylation is 1. The van der Waals surface area contributed by atoms with Crippen molar-refractivity contribution in [2.24, 2.45) is 0 Å². The summed E-state index contributed by atoms with van der Waals surface area (Å²) in [6.07, 6.45) is -2.47. The van der Waals surface area contributed by atoms with Crippen LogP contribution in [-0.4, -0.2) is 46.2 Å². The lowest BCUT2D eigenvalue weighted by Gasteiger charge is -2.34. The molecule has 3 atom stereocenters. The van der Waals surface area contributed by atoms with Gasteiger partial charge in [0, 0.05) is 6.54 Å². The number of benzene rings is 1. The van der Waals surface area contributed by atoms with Gasteiger partial charge in [-0.1, -0.05) is 17.7 Å². The van der Waals surface area contributed by atoms with Crippen molar-refractivity contribution in [1.29, 1.82) is 0 Å². The number of hydrogen-bond donors (Lipinski definition) is 0. The molecule has 0 aliphatic carbocycles. The molecule has 7 heteroatoms. The first kappa shape index (κ1) is 18.9. The molecule has 5 nitrogen and oxygen atoms in total. The van der Waals surface area contributed by atoms with Crippen LogP contribution in [0.1, 0.15) is 32.8 Å². The number of carbonyl (C=O) groups excluding carboxylic acids is 1. The van der Waals surface area contributed by atoms with Gasteiger partial charge in [-0.3, -0.25) is 4.18 Å². The van der Waals surface area contributed by atoms with E-state index in [1.165, 1.54) is 4.90 Å². The quantitative estimate of drug-likeness (QED) is 0.832. The van der Waals surface area contributed by atoms with Gasteiger partial charge in [0.25, 0.3) is 0 Å². The molecular weight excluding hydrogens is 333 g/mol. The maximum Gasteiger partial charge on any atom is 0.410 e. The molecule has 24 heavy (non-hydrogen) atoms. The van der Waals surface area contributed by atoms with E-state index in [0.29, 0.717) is 11.4 Å². The van der Waals surface area contributed by atoms with Gasteiger partial charge in [0.15, 0.2) is 11.1 Å². The minimum Gasteiger partial charge on any atom is -0.444 e. The monoisotopic (exact) mass is 357 g/mol. The highest BCUT2D eigenvalue weighted by Gasteiger charge is 2.35. The molecule has 0 spiro atoms. The Morgan fingerprint density at radius 3 is 2.46 bits per heavy atom. The molecule has 3 unspecified atom stereocenters. The van der Waals surface area contributed by atoms with Crippen LogP contribution in [0.25, 0.3) is 0 Å². The van der Waals surface area contributed by atoms with E-state index in [1.807, 2.05) is 19.1 Å². The number of nitrogens with zero attached hydrogens (tertiary/aromatic N) is 1. The van der Waals surface area contributed by atoms with Crippen LogP contribution in [0.5, 0.6) is 0 Å². The standard InChI is InChI=1S/C17H24FNO4S/c1-12-5-7-13(8-6-12)24(21)23-15-9-10-19(11-14(15)18)16(20)22-17(2,3)4/h5-8,14-15H,9-11H2,1-4H3. The van der Waals surface area contributed by atoms with Crippen molar-refractivity contribution in [2.75, 3.05) is 13.1 Å². The predicted octanol–water partition coefficient (Wildman–Crippen LogP) is 3.38. The highest BCUT2D eigenvalue weighted by molar-refractivity contribution is 7.80. The number of amides is 1. The Hall–Kier alpha value is -1.47. The van der Waals surface area contributed by atoms with E-state index in [0.717, 1.165) is 5.56 Å². The fourth-order valence-electron chi connectivity index (χ4n) is 2.30. The molecule has 0 N–H and O–H groups in total. The van der Waals surface area contributed by atoms with Crippen LogP contribution in [0.4, 0.5) is 9.18 Å².